The highest BCUT2D eigenvalue weighted by molar-refractivity contribution is 6.12. The number of aromatic nitrogens is 4. The molecule has 1 aromatic carbocycles. The molecule has 1 saturated heterocycles. The molecule has 9 heteroatoms. The Morgan fingerprint density at radius 3 is 2.62 bits per heavy atom. The highest BCUT2D eigenvalue weighted by atomic mass is 16.2. The van der Waals surface area contributed by atoms with Gasteiger partial charge in [-0.25, -0.2) is 4.98 Å². The summed E-state index contributed by atoms with van der Waals surface area (Å²) >= 11 is 0. The van der Waals surface area contributed by atoms with Crippen LogP contribution in [0.4, 0.5) is 5.82 Å². The predicted molar refractivity (Wildman–Crippen MR) is 117 cm³/mol. The zero-order valence-corrected chi connectivity index (χ0v) is 17.9. The van der Waals surface area contributed by atoms with Crippen molar-refractivity contribution in [1.82, 2.24) is 25.3 Å². The van der Waals surface area contributed by atoms with E-state index in [1.165, 1.54) is 28.9 Å². The van der Waals surface area contributed by atoms with Gasteiger partial charge in [0.25, 0.3) is 0 Å². The number of ketones is 1. The second-order valence-corrected chi connectivity index (χ2v) is 7.89. The smallest absolute Gasteiger partial charge is 0.225 e. The average Bonchev–Trinajstić information content (AvgIpc) is 3.35. The molecule has 1 N–H and O–H groups in total. The summed E-state index contributed by atoms with van der Waals surface area (Å²) in [5.74, 6) is -0.285. The topological polar surface area (TPSA) is 117 Å². The van der Waals surface area contributed by atoms with Crippen molar-refractivity contribution in [1.29, 1.82) is 5.26 Å². The van der Waals surface area contributed by atoms with Crippen LogP contribution in [0.25, 0.3) is 5.69 Å². The third kappa shape index (κ3) is 3.76. The Morgan fingerprint density at radius 2 is 1.97 bits per heavy atom. The summed E-state index contributed by atoms with van der Waals surface area (Å²) in [6, 6.07) is 12.5. The Morgan fingerprint density at radius 1 is 1.22 bits per heavy atom. The molecule has 0 radical (unpaired) electrons. The lowest BCUT2D eigenvalue weighted by molar-refractivity contribution is -0.117. The largest absolute Gasteiger partial charge is 0.311 e. The van der Waals surface area contributed by atoms with Crippen molar-refractivity contribution in [3.05, 3.63) is 66.1 Å². The van der Waals surface area contributed by atoms with Gasteiger partial charge >= 0.3 is 0 Å². The molecule has 0 saturated carbocycles. The van der Waals surface area contributed by atoms with Gasteiger partial charge in [-0.05, 0) is 44.0 Å². The minimum Gasteiger partial charge on any atom is -0.311 e. The SMILES string of the molecule is CC(=O)N(c1cc(C#N)ccn1)[C@]1(C(=O)c2ccccc2-n2nccn2)CC[C@@H](C)NC1. The number of amides is 1. The fraction of sp³-hybridized carbons (Fsp3) is 0.304. The summed E-state index contributed by atoms with van der Waals surface area (Å²) in [5.41, 5.74) is 0.0791. The van der Waals surface area contributed by atoms with Crippen molar-refractivity contribution in [3.63, 3.8) is 0 Å². The molecule has 2 atom stereocenters. The lowest BCUT2D eigenvalue weighted by Gasteiger charge is -2.46. The lowest BCUT2D eigenvalue weighted by atomic mass is 9.78. The molecule has 0 unspecified atom stereocenters. The minimum absolute atomic E-state index is 0.200. The number of Topliss-reactive ketones (excluding diaryl/α,β-unsaturated/α-hetero) is 1. The molecule has 2 aromatic heterocycles. The second kappa shape index (κ2) is 8.69. The van der Waals surface area contributed by atoms with Crippen molar-refractivity contribution >= 4 is 17.5 Å². The molecule has 0 spiro atoms. The average molecular weight is 429 g/mol. The molecule has 1 amide bonds. The van der Waals surface area contributed by atoms with Gasteiger partial charge in [-0.15, -0.1) is 0 Å². The van der Waals surface area contributed by atoms with Gasteiger partial charge in [0.1, 0.15) is 11.4 Å². The van der Waals surface area contributed by atoms with Crippen molar-refractivity contribution in [2.75, 3.05) is 11.4 Å². The normalized spacial score (nSPS) is 20.3. The summed E-state index contributed by atoms with van der Waals surface area (Å²) < 4.78 is 0. The van der Waals surface area contributed by atoms with Crippen LogP contribution in [0.15, 0.2) is 55.0 Å². The second-order valence-electron chi connectivity index (χ2n) is 7.89. The van der Waals surface area contributed by atoms with Crippen LogP contribution in [0.3, 0.4) is 0 Å². The van der Waals surface area contributed by atoms with Gasteiger partial charge in [-0.1, -0.05) is 12.1 Å². The van der Waals surface area contributed by atoms with E-state index in [2.05, 4.69) is 26.6 Å². The fourth-order valence-electron chi connectivity index (χ4n) is 4.20. The van der Waals surface area contributed by atoms with E-state index >= 15 is 0 Å². The van der Waals surface area contributed by atoms with Crippen molar-refractivity contribution in [2.45, 2.75) is 38.3 Å². The van der Waals surface area contributed by atoms with E-state index in [4.69, 9.17) is 0 Å². The quantitative estimate of drug-likeness (QED) is 0.618. The van der Waals surface area contributed by atoms with Crippen molar-refractivity contribution in [3.8, 4) is 11.8 Å². The number of carbonyl (C=O) groups excluding carboxylic acids is 2. The lowest BCUT2D eigenvalue weighted by Crippen LogP contribution is -2.66. The summed E-state index contributed by atoms with van der Waals surface area (Å²) in [6.45, 7) is 3.71. The number of para-hydroxylation sites is 1. The molecule has 0 bridgehead atoms. The van der Waals surface area contributed by atoms with Gasteiger partial charge in [-0.3, -0.25) is 14.5 Å². The standard InChI is InChI=1S/C23H23N7O2/c1-16-7-9-23(15-26-16,29(17(2)31)21-13-18(14-24)8-10-25-21)22(32)19-5-3-4-6-20(19)30-27-11-12-28-30/h3-6,8,10-13,16,26H,7,9,15H2,1-2H3/t16-,23-/m1/s1. The van der Waals surface area contributed by atoms with Crippen LogP contribution in [0.2, 0.25) is 0 Å². The number of nitrogens with zero attached hydrogens (tertiary/aromatic N) is 6. The molecule has 1 aliphatic heterocycles. The van der Waals surface area contributed by atoms with E-state index in [1.807, 2.05) is 13.0 Å². The Labute approximate surface area is 185 Å². The number of carbonyl (C=O) groups is 2. The predicted octanol–water partition coefficient (Wildman–Crippen LogP) is 2.28. The highest BCUT2D eigenvalue weighted by Crippen LogP contribution is 2.35. The Bertz CT molecular complexity index is 1180. The number of benzene rings is 1. The van der Waals surface area contributed by atoms with Crippen LogP contribution in [0.1, 0.15) is 42.6 Å². The number of nitriles is 1. The van der Waals surface area contributed by atoms with Crippen LogP contribution < -0.4 is 10.2 Å². The molecular formula is C23H23N7O2. The zero-order chi connectivity index (χ0) is 22.7. The summed E-state index contributed by atoms with van der Waals surface area (Å²) in [4.78, 5) is 34.4. The van der Waals surface area contributed by atoms with Gasteiger partial charge in [0.2, 0.25) is 5.91 Å². The maximum absolute atomic E-state index is 14.2. The van der Waals surface area contributed by atoms with Crippen LogP contribution >= 0.6 is 0 Å². The number of piperidine rings is 1. The first-order valence-electron chi connectivity index (χ1n) is 10.4. The van der Waals surface area contributed by atoms with E-state index in [0.29, 0.717) is 29.7 Å². The number of anilines is 1. The third-order valence-electron chi connectivity index (χ3n) is 5.79. The Balaban J connectivity index is 1.88. The summed E-state index contributed by atoms with van der Waals surface area (Å²) in [5, 5.41) is 21.1. The highest BCUT2D eigenvalue weighted by Gasteiger charge is 2.49. The first-order valence-corrected chi connectivity index (χ1v) is 10.4. The Hall–Kier alpha value is -3.90. The molecule has 0 aliphatic carbocycles. The molecule has 162 valence electrons. The van der Waals surface area contributed by atoms with Crippen LogP contribution in [-0.4, -0.2) is 49.8 Å². The molecule has 9 nitrogen and oxygen atoms in total. The minimum atomic E-state index is -1.22. The molecule has 1 aliphatic rings. The van der Waals surface area contributed by atoms with Crippen molar-refractivity contribution in [2.24, 2.45) is 0 Å². The van der Waals surface area contributed by atoms with Crippen molar-refractivity contribution < 1.29 is 9.59 Å². The number of rotatable bonds is 5. The molecule has 32 heavy (non-hydrogen) atoms. The number of hydrogen-bond acceptors (Lipinski definition) is 7. The van der Waals surface area contributed by atoms with E-state index < -0.39 is 5.54 Å². The van der Waals surface area contributed by atoms with Crippen LogP contribution in [0, 0.1) is 11.3 Å². The number of hydrogen-bond donors (Lipinski definition) is 1. The first-order chi connectivity index (χ1) is 15.5. The van der Waals surface area contributed by atoms with E-state index in [0.717, 1.165) is 0 Å². The van der Waals surface area contributed by atoms with Crippen LogP contribution in [0.5, 0.6) is 0 Å². The summed E-state index contributed by atoms with van der Waals surface area (Å²) in [6.07, 6.45) is 5.69. The number of nitrogens with one attached hydrogen (secondary N) is 1. The summed E-state index contributed by atoms with van der Waals surface area (Å²) in [7, 11) is 0. The molecular weight excluding hydrogens is 406 g/mol. The maximum atomic E-state index is 14.2. The van der Waals surface area contributed by atoms with E-state index in [1.54, 1.807) is 36.7 Å². The molecule has 3 heterocycles. The maximum Gasteiger partial charge on any atom is 0.225 e. The van der Waals surface area contributed by atoms with E-state index in [-0.39, 0.29) is 30.1 Å². The number of pyridine rings is 1. The Kier molecular flexibility index (Phi) is 5.79. The van der Waals surface area contributed by atoms with E-state index in [9.17, 15) is 14.9 Å². The zero-order valence-electron chi connectivity index (χ0n) is 17.9. The van der Waals surface area contributed by atoms with Gasteiger partial charge < -0.3 is 5.32 Å². The third-order valence-corrected chi connectivity index (χ3v) is 5.79. The molecule has 3 aromatic rings. The fourth-order valence-corrected chi connectivity index (χ4v) is 4.20. The molecule has 4 rings (SSSR count). The van der Waals surface area contributed by atoms with Crippen LogP contribution in [-0.2, 0) is 4.79 Å². The monoisotopic (exact) mass is 429 g/mol. The van der Waals surface area contributed by atoms with Gasteiger partial charge in [-0.2, -0.15) is 20.3 Å². The van der Waals surface area contributed by atoms with Gasteiger partial charge in [0.05, 0.1) is 29.7 Å². The van der Waals surface area contributed by atoms with Gasteiger partial charge in [0, 0.05) is 31.3 Å². The molecule has 1 fully saturated rings. The van der Waals surface area contributed by atoms with Gasteiger partial charge in [0.15, 0.2) is 5.78 Å². The first kappa shape index (κ1) is 21.3.